The number of fused-ring (bicyclic) bond motifs is 2. The number of ether oxygens (including phenoxy) is 3. The first-order chi connectivity index (χ1) is 16.9. The Morgan fingerprint density at radius 1 is 1.00 bits per heavy atom. The first kappa shape index (κ1) is 23.2. The smallest absolute Gasteiger partial charge is 0.431 e. The number of aromatic amines is 1. The summed E-state index contributed by atoms with van der Waals surface area (Å²) in [6, 6.07) is 11.2. The molecule has 1 N–H and O–H groups in total. The molecule has 4 aromatic rings. The second-order valence-corrected chi connectivity index (χ2v) is 8.48. The molecule has 0 atom stereocenters. The van der Waals surface area contributed by atoms with Gasteiger partial charge in [0.2, 0.25) is 5.88 Å². The van der Waals surface area contributed by atoms with Gasteiger partial charge in [-0.3, -0.25) is 0 Å². The summed E-state index contributed by atoms with van der Waals surface area (Å²) < 4.78 is 56.2. The quantitative estimate of drug-likeness (QED) is 0.318. The van der Waals surface area contributed by atoms with Crippen LogP contribution in [-0.2, 0) is 6.18 Å². The number of hydrogen-bond acceptors (Lipinski definition) is 6. The molecule has 3 heterocycles. The molecule has 5 rings (SSSR count). The molecule has 0 radical (unpaired) electrons. The minimum absolute atomic E-state index is 0.112. The Morgan fingerprint density at radius 2 is 1.80 bits per heavy atom. The number of methoxy groups -OCH3 is 1. The first-order valence-electron chi connectivity index (χ1n) is 11.5. The molecule has 0 bridgehead atoms. The maximum atomic E-state index is 13.0. The number of nitrogens with zero attached hydrogens (tertiary/aromatic N) is 3. The third kappa shape index (κ3) is 5.27. The van der Waals surface area contributed by atoms with Crippen LogP contribution in [0.1, 0.15) is 25.0 Å². The molecule has 1 aliphatic heterocycles. The molecule has 7 nitrogen and oxygen atoms in total. The third-order valence-electron chi connectivity index (χ3n) is 5.99. The summed E-state index contributed by atoms with van der Waals surface area (Å²) in [5.74, 6) is 1.26. The predicted molar refractivity (Wildman–Crippen MR) is 125 cm³/mol. The van der Waals surface area contributed by atoms with Crippen LogP contribution in [0.3, 0.4) is 0 Å². The summed E-state index contributed by atoms with van der Waals surface area (Å²) in [5, 5.41) is 1.00. The zero-order valence-corrected chi connectivity index (χ0v) is 19.2. The van der Waals surface area contributed by atoms with Crippen molar-refractivity contribution in [3.8, 4) is 23.4 Å². The SMILES string of the molecule is COc1nc(Oc2ccc3[nH]c(C(F)(F)F)cc3c2)c2ccc(OCCCN3CCCC3)cc2n1. The molecule has 35 heavy (non-hydrogen) atoms. The van der Waals surface area contributed by atoms with E-state index in [9.17, 15) is 13.2 Å². The molecule has 184 valence electrons. The molecule has 1 aliphatic rings. The van der Waals surface area contributed by atoms with Gasteiger partial charge in [0.1, 0.15) is 17.2 Å². The van der Waals surface area contributed by atoms with Crippen molar-refractivity contribution >= 4 is 21.8 Å². The Labute approximate surface area is 199 Å². The summed E-state index contributed by atoms with van der Waals surface area (Å²) in [5.41, 5.74) is 0.124. The van der Waals surface area contributed by atoms with Gasteiger partial charge in [-0.2, -0.15) is 23.1 Å². The number of benzene rings is 2. The highest BCUT2D eigenvalue weighted by atomic mass is 19.4. The molecule has 2 aromatic heterocycles. The van der Waals surface area contributed by atoms with Gasteiger partial charge in [-0.05, 0) is 68.8 Å². The van der Waals surface area contributed by atoms with E-state index in [-0.39, 0.29) is 11.9 Å². The lowest BCUT2D eigenvalue weighted by Crippen LogP contribution is -2.21. The van der Waals surface area contributed by atoms with E-state index in [1.54, 1.807) is 18.2 Å². The van der Waals surface area contributed by atoms with E-state index in [4.69, 9.17) is 14.2 Å². The van der Waals surface area contributed by atoms with Gasteiger partial charge in [0.25, 0.3) is 0 Å². The van der Waals surface area contributed by atoms with E-state index in [1.807, 2.05) is 6.07 Å². The second kappa shape index (κ2) is 9.61. The third-order valence-corrected chi connectivity index (χ3v) is 5.99. The van der Waals surface area contributed by atoms with E-state index in [0.29, 0.717) is 39.9 Å². The predicted octanol–water partition coefficient (Wildman–Crippen LogP) is 5.80. The highest BCUT2D eigenvalue weighted by Crippen LogP contribution is 2.35. The highest BCUT2D eigenvalue weighted by molar-refractivity contribution is 5.86. The van der Waals surface area contributed by atoms with Crippen LogP contribution in [0, 0.1) is 0 Å². The lowest BCUT2D eigenvalue weighted by Gasteiger charge is -2.14. The maximum absolute atomic E-state index is 13.0. The van der Waals surface area contributed by atoms with Crippen LogP contribution in [0.4, 0.5) is 13.2 Å². The Hall–Kier alpha value is -3.53. The monoisotopic (exact) mass is 486 g/mol. The van der Waals surface area contributed by atoms with Gasteiger partial charge in [0.05, 0.1) is 24.6 Å². The number of rotatable bonds is 8. The van der Waals surface area contributed by atoms with Crippen LogP contribution in [-0.4, -0.2) is 53.2 Å². The van der Waals surface area contributed by atoms with E-state index in [2.05, 4.69) is 19.9 Å². The molecule has 0 unspecified atom stereocenters. The van der Waals surface area contributed by atoms with Crippen LogP contribution in [0.5, 0.6) is 23.4 Å². The first-order valence-corrected chi connectivity index (χ1v) is 11.5. The Kier molecular flexibility index (Phi) is 6.38. The van der Waals surface area contributed by atoms with Crippen molar-refractivity contribution in [1.29, 1.82) is 0 Å². The largest absolute Gasteiger partial charge is 0.493 e. The van der Waals surface area contributed by atoms with Crippen molar-refractivity contribution in [3.05, 3.63) is 48.2 Å². The van der Waals surface area contributed by atoms with Crippen LogP contribution in [0.2, 0.25) is 0 Å². The van der Waals surface area contributed by atoms with E-state index >= 15 is 0 Å². The summed E-state index contributed by atoms with van der Waals surface area (Å²) >= 11 is 0. The number of likely N-dealkylation sites (tertiary alicyclic amines) is 1. The van der Waals surface area contributed by atoms with E-state index < -0.39 is 11.9 Å². The molecule has 1 saturated heterocycles. The van der Waals surface area contributed by atoms with Crippen LogP contribution in [0.15, 0.2) is 42.5 Å². The average Bonchev–Trinajstić information content (AvgIpc) is 3.51. The molecule has 1 fully saturated rings. The van der Waals surface area contributed by atoms with Crippen LogP contribution in [0.25, 0.3) is 21.8 Å². The van der Waals surface area contributed by atoms with Gasteiger partial charge in [-0.1, -0.05) is 0 Å². The fourth-order valence-corrected chi connectivity index (χ4v) is 4.24. The highest BCUT2D eigenvalue weighted by Gasteiger charge is 2.32. The minimum atomic E-state index is -4.45. The fraction of sp³-hybridized carbons (Fsp3) is 0.360. The summed E-state index contributed by atoms with van der Waals surface area (Å²) in [4.78, 5) is 13.5. The van der Waals surface area contributed by atoms with Crippen LogP contribution < -0.4 is 14.2 Å². The van der Waals surface area contributed by atoms with Crippen LogP contribution >= 0.6 is 0 Å². The van der Waals surface area contributed by atoms with E-state index in [1.165, 1.54) is 32.1 Å². The molecule has 0 amide bonds. The molecule has 0 aliphatic carbocycles. The zero-order chi connectivity index (χ0) is 24.4. The summed E-state index contributed by atoms with van der Waals surface area (Å²) in [6.07, 6.45) is -0.975. The molecule has 2 aromatic carbocycles. The van der Waals surface area contributed by atoms with Gasteiger partial charge in [0.15, 0.2) is 0 Å². The number of hydrogen-bond donors (Lipinski definition) is 1. The normalized spacial score (nSPS) is 14.6. The van der Waals surface area contributed by atoms with Crippen molar-refractivity contribution in [1.82, 2.24) is 19.9 Å². The summed E-state index contributed by atoms with van der Waals surface area (Å²) in [6.45, 7) is 3.95. The van der Waals surface area contributed by atoms with Gasteiger partial charge < -0.3 is 24.1 Å². The number of aromatic nitrogens is 3. The number of H-pyrrole nitrogens is 1. The maximum Gasteiger partial charge on any atom is 0.431 e. The molecule has 0 spiro atoms. The Morgan fingerprint density at radius 3 is 2.57 bits per heavy atom. The standard InChI is InChI=1S/C25H25F3N4O3/c1-33-24-30-21-15-17(34-12-4-11-32-9-2-3-10-32)5-7-19(21)23(31-24)35-18-6-8-20-16(13-18)14-22(29-20)25(26,27)28/h5-8,13-15,29H,2-4,9-12H2,1H3. The molecule has 0 saturated carbocycles. The number of halogens is 3. The second-order valence-electron chi connectivity index (χ2n) is 8.48. The van der Waals surface area contributed by atoms with Gasteiger partial charge in [-0.15, -0.1) is 0 Å². The van der Waals surface area contributed by atoms with Crippen molar-refractivity contribution in [3.63, 3.8) is 0 Å². The van der Waals surface area contributed by atoms with Gasteiger partial charge >= 0.3 is 12.2 Å². The zero-order valence-electron chi connectivity index (χ0n) is 19.2. The summed E-state index contributed by atoms with van der Waals surface area (Å²) in [7, 11) is 1.45. The lowest BCUT2D eigenvalue weighted by molar-refractivity contribution is -0.140. The average molecular weight is 486 g/mol. The Bertz CT molecular complexity index is 1330. The minimum Gasteiger partial charge on any atom is -0.493 e. The topological polar surface area (TPSA) is 72.5 Å². The molecular formula is C25H25F3N4O3. The number of nitrogens with one attached hydrogen (secondary N) is 1. The van der Waals surface area contributed by atoms with Crippen molar-refractivity contribution < 1.29 is 27.4 Å². The van der Waals surface area contributed by atoms with E-state index in [0.717, 1.165) is 32.1 Å². The fourth-order valence-electron chi connectivity index (χ4n) is 4.24. The van der Waals surface area contributed by atoms with Gasteiger partial charge in [0, 0.05) is 23.5 Å². The molecular weight excluding hydrogens is 461 g/mol. The lowest BCUT2D eigenvalue weighted by atomic mass is 10.2. The number of alkyl halides is 3. The van der Waals surface area contributed by atoms with Crippen molar-refractivity contribution in [2.24, 2.45) is 0 Å². The van der Waals surface area contributed by atoms with Crippen molar-refractivity contribution in [2.45, 2.75) is 25.4 Å². The molecule has 10 heteroatoms. The Balaban J connectivity index is 1.35. The van der Waals surface area contributed by atoms with Crippen molar-refractivity contribution in [2.75, 3.05) is 33.4 Å². The van der Waals surface area contributed by atoms with Gasteiger partial charge in [-0.25, -0.2) is 0 Å².